The number of aromatic nitrogens is 1. The molecule has 0 amide bonds. The number of nitrogen functional groups attached to an aromatic ring is 1. The predicted octanol–water partition coefficient (Wildman–Crippen LogP) is 5.18. The van der Waals surface area contributed by atoms with E-state index in [1.165, 1.54) is 23.5 Å². The van der Waals surface area contributed by atoms with Crippen LogP contribution in [-0.2, 0) is 0 Å². The Morgan fingerprint density at radius 2 is 1.88 bits per heavy atom. The molecule has 0 radical (unpaired) electrons. The van der Waals surface area contributed by atoms with Crippen molar-refractivity contribution in [1.29, 1.82) is 0 Å². The summed E-state index contributed by atoms with van der Waals surface area (Å²) < 4.78 is 0. The molecule has 0 aliphatic carbocycles. The number of anilines is 1. The van der Waals surface area contributed by atoms with E-state index >= 15 is 0 Å². The summed E-state index contributed by atoms with van der Waals surface area (Å²) in [6, 6.07) is 14.4. The van der Waals surface area contributed by atoms with Crippen LogP contribution in [0.3, 0.4) is 0 Å². The third-order valence-corrected chi connectivity index (χ3v) is 5.76. The van der Waals surface area contributed by atoms with Gasteiger partial charge in [-0.15, -0.1) is 22.7 Å². The lowest BCUT2D eigenvalue weighted by Gasteiger charge is -1.99. The third kappa shape index (κ3) is 2.44. The Balaban J connectivity index is 1.81. The van der Waals surface area contributed by atoms with Gasteiger partial charge >= 0.3 is 0 Å². The van der Waals surface area contributed by atoms with E-state index in [1.807, 2.05) is 29.6 Å². The number of nitrogens with zero attached hydrogens (tertiary/aromatic N) is 2. The normalized spacial score (nSPS) is 11.0. The van der Waals surface area contributed by atoms with Crippen LogP contribution in [0, 0.1) is 10.1 Å². The highest BCUT2D eigenvalue weighted by Gasteiger charge is 2.14. The molecule has 0 unspecified atom stereocenters. The number of rotatable bonds is 3. The lowest BCUT2D eigenvalue weighted by molar-refractivity contribution is -0.384. The molecule has 0 spiro atoms. The fourth-order valence-corrected chi connectivity index (χ4v) is 4.30. The zero-order valence-corrected chi connectivity index (χ0v) is 13.9. The summed E-state index contributed by atoms with van der Waals surface area (Å²) in [6.45, 7) is 0. The van der Waals surface area contributed by atoms with Crippen LogP contribution in [0.1, 0.15) is 0 Å². The first-order valence-corrected chi connectivity index (χ1v) is 8.81. The van der Waals surface area contributed by atoms with Gasteiger partial charge in [0.25, 0.3) is 5.69 Å². The van der Waals surface area contributed by atoms with E-state index in [1.54, 1.807) is 23.5 Å². The van der Waals surface area contributed by atoms with Crippen molar-refractivity contribution in [1.82, 2.24) is 4.98 Å². The van der Waals surface area contributed by atoms with Crippen molar-refractivity contribution in [3.8, 4) is 21.0 Å². The zero-order valence-electron chi connectivity index (χ0n) is 12.3. The average molecular weight is 353 g/mol. The van der Waals surface area contributed by atoms with E-state index < -0.39 is 4.92 Å². The van der Waals surface area contributed by atoms with Crippen LogP contribution in [0.4, 0.5) is 11.4 Å². The molecule has 0 atom stereocenters. The van der Waals surface area contributed by atoms with Gasteiger partial charge in [-0.3, -0.25) is 10.1 Å². The van der Waals surface area contributed by atoms with Gasteiger partial charge in [0, 0.05) is 17.5 Å². The minimum absolute atomic E-state index is 0.0662. The molecule has 4 aromatic rings. The second kappa shape index (κ2) is 5.70. The topological polar surface area (TPSA) is 82.0 Å². The van der Waals surface area contributed by atoms with E-state index in [-0.39, 0.29) is 5.69 Å². The van der Waals surface area contributed by atoms with Crippen molar-refractivity contribution in [2.45, 2.75) is 0 Å². The number of pyridine rings is 1. The van der Waals surface area contributed by atoms with Crippen LogP contribution in [0.2, 0.25) is 0 Å². The quantitative estimate of drug-likeness (QED) is 0.406. The van der Waals surface area contributed by atoms with E-state index in [0.717, 1.165) is 31.2 Å². The van der Waals surface area contributed by atoms with Crippen LogP contribution >= 0.6 is 22.7 Å². The number of thiophene rings is 2. The number of nitrogens with two attached hydrogens (primary N) is 1. The van der Waals surface area contributed by atoms with Crippen LogP contribution in [0.25, 0.3) is 31.2 Å². The number of hydrogen-bond donors (Lipinski definition) is 1. The Hall–Kier alpha value is -2.77. The molecule has 5 nitrogen and oxygen atoms in total. The van der Waals surface area contributed by atoms with Crippen molar-refractivity contribution in [3.63, 3.8) is 0 Å². The number of benzene rings is 1. The minimum atomic E-state index is -0.410. The molecule has 3 heterocycles. The smallest absolute Gasteiger partial charge is 0.269 e. The lowest BCUT2D eigenvalue weighted by atomic mass is 10.1. The number of hydrogen-bond acceptors (Lipinski definition) is 6. The fourth-order valence-electron chi connectivity index (χ4n) is 2.51. The second-order valence-electron chi connectivity index (χ2n) is 5.18. The molecule has 3 aromatic heterocycles. The summed E-state index contributed by atoms with van der Waals surface area (Å²) in [7, 11) is 0. The van der Waals surface area contributed by atoms with Crippen LogP contribution in [0.15, 0.2) is 53.9 Å². The SMILES string of the molecule is Nc1c(-c2ccc([N+](=O)[O-])cc2)sc2nc(-c3cccs3)ccc12. The Morgan fingerprint density at radius 1 is 1.08 bits per heavy atom. The van der Waals surface area contributed by atoms with E-state index in [4.69, 9.17) is 10.7 Å². The Bertz CT molecular complexity index is 1040. The molecule has 0 saturated carbocycles. The first-order valence-electron chi connectivity index (χ1n) is 7.11. The molecule has 0 aliphatic rings. The van der Waals surface area contributed by atoms with Gasteiger partial charge in [0.1, 0.15) is 4.83 Å². The molecule has 0 bridgehead atoms. The molecular weight excluding hydrogens is 342 g/mol. The molecule has 7 heteroatoms. The van der Waals surface area contributed by atoms with Crippen LogP contribution in [-0.4, -0.2) is 9.91 Å². The summed E-state index contributed by atoms with van der Waals surface area (Å²) in [5.41, 5.74) is 8.79. The van der Waals surface area contributed by atoms with Gasteiger partial charge < -0.3 is 5.73 Å². The van der Waals surface area contributed by atoms with Crippen LogP contribution in [0.5, 0.6) is 0 Å². The van der Waals surface area contributed by atoms with Gasteiger partial charge in [0.15, 0.2) is 0 Å². The van der Waals surface area contributed by atoms with Gasteiger partial charge in [0.05, 0.1) is 26.1 Å². The summed E-state index contributed by atoms with van der Waals surface area (Å²) in [6.07, 6.45) is 0. The molecular formula is C17H11N3O2S2. The number of nitro benzene ring substituents is 1. The summed E-state index contributed by atoms with van der Waals surface area (Å²) in [4.78, 5) is 17.9. The second-order valence-corrected chi connectivity index (χ2v) is 7.12. The lowest BCUT2D eigenvalue weighted by Crippen LogP contribution is -1.88. The van der Waals surface area contributed by atoms with Crippen molar-refractivity contribution in [2.24, 2.45) is 0 Å². The highest BCUT2D eigenvalue weighted by atomic mass is 32.1. The highest BCUT2D eigenvalue weighted by molar-refractivity contribution is 7.22. The third-order valence-electron chi connectivity index (χ3n) is 3.71. The first kappa shape index (κ1) is 14.8. The molecule has 4 rings (SSSR count). The molecule has 118 valence electrons. The van der Waals surface area contributed by atoms with Crippen molar-refractivity contribution >= 4 is 44.3 Å². The van der Waals surface area contributed by atoms with Crippen LogP contribution < -0.4 is 5.73 Å². The van der Waals surface area contributed by atoms with Gasteiger partial charge in [-0.2, -0.15) is 0 Å². The van der Waals surface area contributed by atoms with Gasteiger partial charge in [0.2, 0.25) is 0 Å². The zero-order chi connectivity index (χ0) is 16.7. The predicted molar refractivity (Wildman–Crippen MR) is 99.4 cm³/mol. The maximum atomic E-state index is 10.8. The Morgan fingerprint density at radius 3 is 2.54 bits per heavy atom. The molecule has 24 heavy (non-hydrogen) atoms. The van der Waals surface area contributed by atoms with Gasteiger partial charge in [-0.25, -0.2) is 4.98 Å². The van der Waals surface area contributed by atoms with E-state index in [0.29, 0.717) is 5.69 Å². The average Bonchev–Trinajstić information content (AvgIpc) is 3.23. The molecule has 0 saturated heterocycles. The van der Waals surface area contributed by atoms with E-state index in [9.17, 15) is 10.1 Å². The van der Waals surface area contributed by atoms with Crippen molar-refractivity contribution < 1.29 is 4.92 Å². The number of fused-ring (bicyclic) bond motifs is 1. The number of non-ortho nitro benzene ring substituents is 1. The summed E-state index contributed by atoms with van der Waals surface area (Å²) in [5.74, 6) is 0. The van der Waals surface area contributed by atoms with Crippen molar-refractivity contribution in [2.75, 3.05) is 5.73 Å². The highest BCUT2D eigenvalue weighted by Crippen LogP contribution is 2.41. The molecule has 0 fully saturated rings. The maximum Gasteiger partial charge on any atom is 0.269 e. The maximum absolute atomic E-state index is 10.8. The monoisotopic (exact) mass is 353 g/mol. The van der Waals surface area contributed by atoms with Gasteiger partial charge in [-0.05, 0) is 41.3 Å². The molecule has 1 aromatic carbocycles. The summed E-state index contributed by atoms with van der Waals surface area (Å²) in [5, 5.41) is 13.7. The Labute approximate surface area is 145 Å². The van der Waals surface area contributed by atoms with Gasteiger partial charge in [-0.1, -0.05) is 6.07 Å². The standard InChI is InChI=1S/C17H11N3O2S2/c18-15-12-7-8-13(14-2-1-9-23-14)19-17(12)24-16(15)10-3-5-11(6-4-10)20(21)22/h1-9H,18H2. The Kier molecular flexibility index (Phi) is 3.51. The largest absolute Gasteiger partial charge is 0.397 e. The number of nitro groups is 1. The van der Waals surface area contributed by atoms with Crippen molar-refractivity contribution in [3.05, 3.63) is 64.0 Å². The fraction of sp³-hybridized carbons (Fsp3) is 0. The molecule has 2 N–H and O–H groups in total. The summed E-state index contributed by atoms with van der Waals surface area (Å²) >= 11 is 3.14. The molecule has 0 aliphatic heterocycles. The first-order chi connectivity index (χ1) is 11.6. The minimum Gasteiger partial charge on any atom is -0.397 e. The van der Waals surface area contributed by atoms with E-state index in [2.05, 4.69) is 0 Å².